The van der Waals surface area contributed by atoms with Crippen molar-refractivity contribution in [1.29, 1.82) is 0 Å². The molecule has 0 aromatic carbocycles. The molecule has 0 radical (unpaired) electrons. The third-order valence-electron chi connectivity index (χ3n) is 0.382. The Morgan fingerprint density at radius 3 is 1.18 bits per heavy atom. The van der Waals surface area contributed by atoms with Crippen LogP contribution in [0, 0.1) is 21.4 Å². The Labute approximate surface area is 88.8 Å². The molecule has 11 heavy (non-hydrogen) atoms. The van der Waals surface area contributed by atoms with Crippen molar-refractivity contribution in [2.24, 2.45) is 0 Å². The molecule has 1 nitrogen and oxygen atoms in total. The first-order valence-corrected chi connectivity index (χ1v) is 3.58. The summed E-state index contributed by atoms with van der Waals surface area (Å²) in [6, 6.07) is 0. The van der Waals surface area contributed by atoms with Crippen molar-refractivity contribution in [3.63, 3.8) is 0 Å². The van der Waals surface area contributed by atoms with Crippen LogP contribution in [0.1, 0.15) is 27.7 Å². The predicted octanol–water partition coefficient (Wildman–Crippen LogP) is 3.04. The van der Waals surface area contributed by atoms with Crippen LogP contribution in [0.3, 0.4) is 0 Å². The Morgan fingerprint density at radius 1 is 1.09 bits per heavy atom. The van der Waals surface area contributed by atoms with E-state index in [4.69, 9.17) is 0 Å². The second-order valence-electron chi connectivity index (χ2n) is 1.08. The van der Waals surface area contributed by atoms with Crippen LogP contribution in [0.25, 0.3) is 0 Å². The van der Waals surface area contributed by atoms with E-state index in [0.717, 1.165) is 6.54 Å². The smallest absolute Gasteiger partial charge is 0 e. The van der Waals surface area contributed by atoms with E-state index in [0.29, 0.717) is 0 Å². The van der Waals surface area contributed by atoms with Crippen LogP contribution in [-0.2, 0) is 21.1 Å². The molecule has 0 atom stereocenters. The molecule has 0 aromatic rings. The van der Waals surface area contributed by atoms with Crippen molar-refractivity contribution in [1.82, 2.24) is 4.90 Å². The average Bonchev–Trinajstić information content (AvgIpc) is 1.97. The standard InChI is InChI=1S/C4H9N.2C2H6.CH3.W/c1-4-5(2)3;2*1-2;;/h1-2,4H2,3H3;2*1-2H3;1H3;/q-2;;;-1;. The summed E-state index contributed by atoms with van der Waals surface area (Å²) in [5.74, 6) is 0. The zero-order valence-corrected chi connectivity index (χ0v) is 11.9. The summed E-state index contributed by atoms with van der Waals surface area (Å²) in [5.41, 5.74) is 0. The van der Waals surface area contributed by atoms with E-state index in [9.17, 15) is 0 Å². The van der Waals surface area contributed by atoms with Gasteiger partial charge in [0.2, 0.25) is 0 Å². The van der Waals surface area contributed by atoms with E-state index in [1.54, 1.807) is 4.90 Å². The fourth-order valence-electron chi connectivity index (χ4n) is 0. The van der Waals surface area contributed by atoms with Crippen molar-refractivity contribution < 1.29 is 21.1 Å². The van der Waals surface area contributed by atoms with Gasteiger partial charge in [-0.2, -0.15) is 6.54 Å². The number of nitrogens with zero attached hydrogens (tertiary/aromatic N) is 1. The van der Waals surface area contributed by atoms with Gasteiger partial charge in [0, 0.05) is 21.1 Å². The first-order chi connectivity index (χ1) is 4.27. The van der Waals surface area contributed by atoms with Crippen LogP contribution < -0.4 is 0 Å². The van der Waals surface area contributed by atoms with E-state index in [-0.39, 0.29) is 28.5 Å². The fourth-order valence-corrected chi connectivity index (χ4v) is 0. The Morgan fingerprint density at radius 2 is 1.18 bits per heavy atom. The van der Waals surface area contributed by atoms with Crippen molar-refractivity contribution in [2.75, 3.05) is 13.6 Å². The Bertz CT molecular complexity index is 23.5. The van der Waals surface area contributed by atoms with Crippen LogP contribution in [0.2, 0.25) is 0 Å². The van der Waals surface area contributed by atoms with Gasteiger partial charge < -0.3 is 19.3 Å². The molecule has 2 heteroatoms. The molecule has 74 valence electrons. The Kier molecular flexibility index (Phi) is 125. The topological polar surface area (TPSA) is 3.24 Å². The molecule has 0 fully saturated rings. The zero-order valence-electron chi connectivity index (χ0n) is 8.98. The summed E-state index contributed by atoms with van der Waals surface area (Å²) in [7, 11) is 5.41. The van der Waals surface area contributed by atoms with Gasteiger partial charge in [-0.1, -0.05) is 27.7 Å². The molecule has 0 heterocycles. The summed E-state index contributed by atoms with van der Waals surface area (Å²) in [5, 5.41) is 0. The van der Waals surface area contributed by atoms with Crippen molar-refractivity contribution >= 4 is 0 Å². The van der Waals surface area contributed by atoms with Gasteiger partial charge in [-0.05, 0) is 7.05 Å². The minimum absolute atomic E-state index is 0. The quantitative estimate of drug-likeness (QED) is 0.668. The van der Waals surface area contributed by atoms with Crippen LogP contribution in [0.5, 0.6) is 0 Å². The zero-order chi connectivity index (χ0) is 8.28. The van der Waals surface area contributed by atoms with E-state index in [1.807, 2.05) is 34.7 Å². The van der Waals surface area contributed by atoms with Crippen molar-refractivity contribution in [2.45, 2.75) is 27.7 Å². The Balaban J connectivity index is -0.0000000178. The molecule has 0 unspecified atom stereocenters. The third kappa shape index (κ3) is 114. The molecule has 0 saturated heterocycles. The molecule has 0 spiro atoms. The third-order valence-corrected chi connectivity index (χ3v) is 0.382. The fraction of sp³-hybridized carbons (Fsp3) is 0.667. The van der Waals surface area contributed by atoms with Gasteiger partial charge in [0.1, 0.15) is 0 Å². The molecule has 0 aliphatic rings. The van der Waals surface area contributed by atoms with Gasteiger partial charge in [0.25, 0.3) is 0 Å². The van der Waals surface area contributed by atoms with Gasteiger partial charge in [0.15, 0.2) is 0 Å². The second kappa shape index (κ2) is 45.9. The SMILES string of the molecule is CC.CC.[CH2-]CN([CH2-])C.[CH3-].[W]. The summed E-state index contributed by atoms with van der Waals surface area (Å²) in [6.45, 7) is 12.3. The maximum absolute atomic E-state index is 3.55. The molecular weight excluding hydrogens is 306 g/mol. The van der Waals surface area contributed by atoms with Crippen molar-refractivity contribution in [3.05, 3.63) is 21.4 Å². The Hall–Kier alpha value is 0.648. The van der Waals surface area contributed by atoms with Gasteiger partial charge in [-0.15, -0.1) is 0 Å². The van der Waals surface area contributed by atoms with E-state index in [2.05, 4.69) is 14.0 Å². The summed E-state index contributed by atoms with van der Waals surface area (Å²) < 4.78 is 0. The largest absolute Gasteiger partial charge is 0.487 e. The van der Waals surface area contributed by atoms with E-state index in [1.165, 1.54) is 0 Å². The van der Waals surface area contributed by atoms with E-state index >= 15 is 0 Å². The molecule has 0 aromatic heterocycles. The molecular formula is C9H24NW-3. The predicted molar refractivity (Wildman–Crippen MR) is 52.5 cm³/mol. The van der Waals surface area contributed by atoms with Crippen LogP contribution in [0.4, 0.5) is 0 Å². The summed E-state index contributed by atoms with van der Waals surface area (Å²) in [4.78, 5) is 1.76. The summed E-state index contributed by atoms with van der Waals surface area (Å²) in [6.07, 6.45) is 0. The van der Waals surface area contributed by atoms with Crippen LogP contribution in [-0.4, -0.2) is 18.5 Å². The van der Waals surface area contributed by atoms with Gasteiger partial charge >= 0.3 is 0 Å². The minimum atomic E-state index is 0. The van der Waals surface area contributed by atoms with Crippen LogP contribution >= 0.6 is 0 Å². The normalized spacial score (nSPS) is 5.45. The molecule has 0 saturated carbocycles. The molecule has 0 aliphatic heterocycles. The first-order valence-electron chi connectivity index (χ1n) is 3.58. The maximum atomic E-state index is 3.55. The molecule has 0 rings (SSSR count). The van der Waals surface area contributed by atoms with Gasteiger partial charge in [-0.25, -0.2) is 0 Å². The minimum Gasteiger partial charge on any atom is -0.487 e. The molecule has 0 bridgehead atoms. The second-order valence-corrected chi connectivity index (χ2v) is 1.08. The van der Waals surface area contributed by atoms with Gasteiger partial charge in [-0.3, -0.25) is 7.05 Å². The number of rotatable bonds is 1. The number of hydrogen-bond acceptors (Lipinski definition) is 1. The van der Waals surface area contributed by atoms with Gasteiger partial charge in [0.05, 0.1) is 0 Å². The van der Waals surface area contributed by atoms with Crippen molar-refractivity contribution in [3.8, 4) is 0 Å². The van der Waals surface area contributed by atoms with Crippen LogP contribution in [0.15, 0.2) is 0 Å². The summed E-state index contributed by atoms with van der Waals surface area (Å²) >= 11 is 0. The molecule has 0 amide bonds. The number of hydrogen-bond donors (Lipinski definition) is 0. The van der Waals surface area contributed by atoms with E-state index < -0.39 is 0 Å². The average molecular weight is 330 g/mol. The maximum Gasteiger partial charge on any atom is 0 e. The first kappa shape index (κ1) is 29.9. The molecule has 0 aliphatic carbocycles. The molecule has 0 N–H and O–H groups in total. The monoisotopic (exact) mass is 330 g/mol.